The molecule has 0 aromatic carbocycles. The Hall–Kier alpha value is 5.27. The second kappa shape index (κ2) is 22.8. The molecule has 0 spiro atoms. The van der Waals surface area contributed by atoms with Crippen molar-refractivity contribution in [2.75, 3.05) is 0 Å². The van der Waals surface area contributed by atoms with Crippen molar-refractivity contribution in [2.45, 2.75) is 0 Å². The molecule has 0 N–H and O–H groups in total. The standard InChI is InChI=1S/Al.Ba.Ca.H3P.Sr.9H/h;;;1H3;;;;;;;;;;. The van der Waals surface area contributed by atoms with Crippen molar-refractivity contribution in [3.8, 4) is 0 Å². The van der Waals surface area contributed by atoms with E-state index < -0.39 is 0 Å². The molecule has 5 heteroatoms. The molecule has 1 unspecified atom stereocenters. The van der Waals surface area contributed by atoms with Crippen LogP contribution < -0.4 is 0 Å². The van der Waals surface area contributed by atoms with Gasteiger partial charge in [0.25, 0.3) is 0 Å². The van der Waals surface area contributed by atoms with E-state index in [0.29, 0.717) is 0 Å². The Morgan fingerprint density at radius 3 is 1.00 bits per heavy atom. The molecular formula is H12AlBaCaPSr. The molecule has 0 fully saturated rings. The Kier molecular flexibility index (Phi) is 145. The summed E-state index contributed by atoms with van der Waals surface area (Å²) in [6.07, 6.45) is 0. The predicted molar refractivity (Wildman–Crippen MR) is 46.7 cm³/mol. The molecule has 0 aromatic heterocycles. The minimum absolute atomic E-state index is 0. The fourth-order valence-corrected chi connectivity index (χ4v) is 0. The van der Waals surface area contributed by atoms with E-state index in [1.54, 1.807) is 0 Å². The first-order chi connectivity index (χ1) is 0. The van der Waals surface area contributed by atoms with Crippen LogP contribution in [-0.2, 0) is 0 Å². The van der Waals surface area contributed by atoms with Gasteiger partial charge in [0.1, 0.15) is 0 Å². The molecule has 0 saturated carbocycles. The van der Waals surface area contributed by atoms with Crippen molar-refractivity contribution in [3.05, 3.63) is 0 Å². The molecule has 26 valence electrons. The summed E-state index contributed by atoms with van der Waals surface area (Å²) in [7, 11) is 0. The van der Waals surface area contributed by atoms with Gasteiger partial charge in [0, 0.05) is 0 Å². The fraction of sp³-hybridized carbons (Fsp3) is 0. The summed E-state index contributed by atoms with van der Waals surface area (Å²) in [5.74, 6) is 0. The van der Waals surface area contributed by atoms with E-state index in [-0.39, 0.29) is 159 Å². The average molecular weight is 335 g/mol. The summed E-state index contributed by atoms with van der Waals surface area (Å²) in [4.78, 5) is 0. The molecule has 0 saturated heterocycles. The SMILES string of the molecule is P.[AlH3].[BaH2].[CaH2].[SrH2]. The average Bonchev–Trinajstić information content (AvgIpc) is 0. The van der Waals surface area contributed by atoms with Crippen LogP contribution in [0.15, 0.2) is 0 Å². The van der Waals surface area contributed by atoms with Gasteiger partial charge in [-0.05, 0) is 0 Å². The van der Waals surface area contributed by atoms with Crippen LogP contribution in [0.1, 0.15) is 0 Å². The van der Waals surface area contributed by atoms with Crippen molar-refractivity contribution >= 4 is 159 Å². The van der Waals surface area contributed by atoms with Gasteiger partial charge in [-0.2, -0.15) is 9.90 Å². The maximum absolute atomic E-state index is 0. The quantitative estimate of drug-likeness (QED) is 0.314. The third-order valence-corrected chi connectivity index (χ3v) is 0. The van der Waals surface area contributed by atoms with E-state index in [1.165, 1.54) is 0 Å². The number of hydrogen-bond donors (Lipinski definition) is 0. The molecule has 0 aliphatic rings. The molecule has 0 radical (unpaired) electrons. The van der Waals surface area contributed by atoms with Gasteiger partial charge in [-0.15, -0.1) is 0 Å². The van der Waals surface area contributed by atoms with Gasteiger partial charge in [0.15, 0.2) is 17.4 Å². The topological polar surface area (TPSA) is 0 Å². The summed E-state index contributed by atoms with van der Waals surface area (Å²) in [6, 6.07) is 0. The third kappa shape index (κ3) is 17.6. The summed E-state index contributed by atoms with van der Waals surface area (Å²) >= 11 is 0. The van der Waals surface area contributed by atoms with Crippen molar-refractivity contribution in [3.63, 3.8) is 0 Å². The fourth-order valence-electron chi connectivity index (χ4n) is 0. The van der Waals surface area contributed by atoms with Gasteiger partial charge in [-0.1, -0.05) is 0 Å². The molecule has 0 aliphatic heterocycles. The van der Waals surface area contributed by atoms with Crippen LogP contribution in [0.3, 0.4) is 0 Å². The van der Waals surface area contributed by atoms with Gasteiger partial charge < -0.3 is 0 Å². The van der Waals surface area contributed by atoms with Crippen molar-refractivity contribution < 1.29 is 0 Å². The zero-order valence-corrected chi connectivity index (χ0v) is 2.12. The van der Waals surface area contributed by atoms with E-state index in [0.717, 1.165) is 0 Å². The summed E-state index contributed by atoms with van der Waals surface area (Å²) in [6.45, 7) is 0. The van der Waals surface area contributed by atoms with E-state index in [9.17, 15) is 0 Å². The second-order valence-corrected chi connectivity index (χ2v) is 0. The second-order valence-electron chi connectivity index (χ2n) is 0. The molecule has 0 bridgehead atoms. The first kappa shape index (κ1) is 31.8. The van der Waals surface area contributed by atoms with Crippen molar-refractivity contribution in [2.24, 2.45) is 0 Å². The van der Waals surface area contributed by atoms with Crippen LogP contribution in [0.2, 0.25) is 0 Å². The summed E-state index contributed by atoms with van der Waals surface area (Å²) in [5, 5.41) is 0. The zero-order valence-electron chi connectivity index (χ0n) is 0.707. The molecule has 0 rings (SSSR count). The van der Waals surface area contributed by atoms with E-state index in [2.05, 4.69) is 0 Å². The molecule has 1 atom stereocenters. The maximum atomic E-state index is 0. The molecular weight excluding hydrogens is 323 g/mol. The van der Waals surface area contributed by atoms with E-state index >= 15 is 0 Å². The normalized spacial score (nSPS) is 0. The Labute approximate surface area is 154 Å². The van der Waals surface area contributed by atoms with Gasteiger partial charge in [0.05, 0.1) is 0 Å². The van der Waals surface area contributed by atoms with Crippen LogP contribution in [0, 0.1) is 0 Å². The van der Waals surface area contributed by atoms with Crippen LogP contribution in [0.25, 0.3) is 0 Å². The molecule has 5 heavy (non-hydrogen) atoms. The minimum atomic E-state index is 0. The Bertz CT molecular complexity index is 11.6. The Morgan fingerprint density at radius 1 is 1.00 bits per heavy atom. The van der Waals surface area contributed by atoms with Gasteiger partial charge >= 0.3 is 132 Å². The summed E-state index contributed by atoms with van der Waals surface area (Å²) in [5.41, 5.74) is 0. The molecule has 0 aromatic rings. The zero-order chi connectivity index (χ0) is 0. The van der Waals surface area contributed by atoms with Crippen LogP contribution in [-0.4, -0.2) is 149 Å². The van der Waals surface area contributed by atoms with Gasteiger partial charge in [-0.25, -0.2) is 0 Å². The van der Waals surface area contributed by atoms with Gasteiger partial charge in [0.2, 0.25) is 0 Å². The monoisotopic (exact) mass is 336 g/mol. The molecule has 0 aliphatic carbocycles. The van der Waals surface area contributed by atoms with Crippen LogP contribution in [0.5, 0.6) is 0 Å². The number of rotatable bonds is 0. The summed E-state index contributed by atoms with van der Waals surface area (Å²) < 4.78 is 0. The first-order valence-corrected chi connectivity index (χ1v) is 0. The Morgan fingerprint density at radius 2 is 1.00 bits per heavy atom. The molecule has 0 amide bonds. The molecule has 0 nitrogen and oxygen atoms in total. The van der Waals surface area contributed by atoms with E-state index in [1.807, 2.05) is 0 Å². The van der Waals surface area contributed by atoms with Crippen molar-refractivity contribution in [1.29, 1.82) is 0 Å². The van der Waals surface area contributed by atoms with Crippen LogP contribution >= 0.6 is 9.90 Å². The van der Waals surface area contributed by atoms with Gasteiger partial charge in [-0.3, -0.25) is 0 Å². The number of hydrogen-bond acceptors (Lipinski definition) is 0. The van der Waals surface area contributed by atoms with Crippen LogP contribution in [0.4, 0.5) is 0 Å². The third-order valence-electron chi connectivity index (χ3n) is 0. The Balaban J connectivity index is 0. The van der Waals surface area contributed by atoms with Crippen molar-refractivity contribution in [1.82, 2.24) is 0 Å². The van der Waals surface area contributed by atoms with E-state index in [4.69, 9.17) is 0 Å². The molecule has 0 heterocycles. The first-order valence-electron chi connectivity index (χ1n) is 0. The predicted octanol–water partition coefficient (Wildman–Crippen LogP) is -3.87.